The second kappa shape index (κ2) is 4.96. The second-order valence-electron chi connectivity index (χ2n) is 4.75. The van der Waals surface area contributed by atoms with Gasteiger partial charge in [0, 0.05) is 50.6 Å². The SMILES string of the molecule is O=C1CC=Nc2c1ccnc2CNCC1CNC1. The number of Topliss-reactive ketones (excluding diaryl/α,β-unsaturated/α-hetero) is 1. The van der Waals surface area contributed by atoms with Crippen LogP contribution in [0.15, 0.2) is 17.3 Å². The van der Waals surface area contributed by atoms with Gasteiger partial charge in [-0.3, -0.25) is 14.8 Å². The molecule has 5 heteroatoms. The number of aliphatic imine (C=N–C) groups is 1. The van der Waals surface area contributed by atoms with Crippen molar-refractivity contribution < 1.29 is 4.79 Å². The smallest absolute Gasteiger partial charge is 0.170 e. The van der Waals surface area contributed by atoms with Gasteiger partial charge in [0.1, 0.15) is 0 Å². The zero-order chi connectivity index (χ0) is 12.4. The van der Waals surface area contributed by atoms with Crippen LogP contribution in [0.4, 0.5) is 5.69 Å². The van der Waals surface area contributed by atoms with E-state index in [2.05, 4.69) is 20.6 Å². The highest BCUT2D eigenvalue weighted by Crippen LogP contribution is 2.26. The van der Waals surface area contributed by atoms with E-state index in [1.807, 2.05) is 0 Å². The number of rotatable bonds is 4. The summed E-state index contributed by atoms with van der Waals surface area (Å²) in [7, 11) is 0. The number of carbonyl (C=O) groups excluding carboxylic acids is 1. The average Bonchev–Trinajstić information content (AvgIpc) is 2.33. The summed E-state index contributed by atoms with van der Waals surface area (Å²) >= 11 is 0. The zero-order valence-electron chi connectivity index (χ0n) is 10.1. The van der Waals surface area contributed by atoms with E-state index in [-0.39, 0.29) is 5.78 Å². The molecule has 0 aliphatic carbocycles. The summed E-state index contributed by atoms with van der Waals surface area (Å²) in [4.78, 5) is 20.4. The number of pyridine rings is 1. The van der Waals surface area contributed by atoms with Crippen LogP contribution in [0.3, 0.4) is 0 Å². The monoisotopic (exact) mass is 244 g/mol. The lowest BCUT2D eigenvalue weighted by Crippen LogP contribution is -2.47. The molecule has 0 atom stereocenters. The van der Waals surface area contributed by atoms with Gasteiger partial charge >= 0.3 is 0 Å². The van der Waals surface area contributed by atoms with Gasteiger partial charge in [0.05, 0.1) is 11.4 Å². The van der Waals surface area contributed by atoms with Crippen molar-refractivity contribution >= 4 is 17.7 Å². The van der Waals surface area contributed by atoms with Gasteiger partial charge < -0.3 is 10.6 Å². The molecule has 0 spiro atoms. The summed E-state index contributed by atoms with van der Waals surface area (Å²) in [6.45, 7) is 3.83. The normalized spacial score (nSPS) is 18.6. The number of nitrogens with one attached hydrogen (secondary N) is 2. The molecule has 2 aliphatic rings. The van der Waals surface area contributed by atoms with Crippen LogP contribution in [0.2, 0.25) is 0 Å². The molecule has 0 unspecified atom stereocenters. The molecule has 2 aliphatic heterocycles. The Labute approximate surface area is 106 Å². The standard InChI is InChI=1S/C13H16N4O/c18-12-2-4-17-13-10(12)1-3-16-11(13)8-15-7-9-5-14-6-9/h1,3-4,9,14-15H,2,5-8H2. The first-order valence-electron chi connectivity index (χ1n) is 6.29. The van der Waals surface area contributed by atoms with Gasteiger partial charge in [0.2, 0.25) is 0 Å². The minimum atomic E-state index is 0.131. The van der Waals surface area contributed by atoms with Crippen LogP contribution in [0, 0.1) is 5.92 Å². The Morgan fingerprint density at radius 1 is 1.44 bits per heavy atom. The molecule has 18 heavy (non-hydrogen) atoms. The molecule has 0 saturated carbocycles. The Morgan fingerprint density at radius 2 is 2.33 bits per heavy atom. The maximum Gasteiger partial charge on any atom is 0.170 e. The van der Waals surface area contributed by atoms with Crippen molar-refractivity contribution in [3.8, 4) is 0 Å². The molecule has 3 heterocycles. The van der Waals surface area contributed by atoms with E-state index in [1.165, 1.54) is 0 Å². The minimum absolute atomic E-state index is 0.131. The molecular formula is C13H16N4O. The van der Waals surface area contributed by atoms with Gasteiger partial charge in [-0.1, -0.05) is 0 Å². The minimum Gasteiger partial charge on any atom is -0.316 e. The summed E-state index contributed by atoms with van der Waals surface area (Å²) in [6.07, 6.45) is 3.77. The molecule has 94 valence electrons. The fourth-order valence-corrected chi connectivity index (χ4v) is 2.21. The lowest BCUT2D eigenvalue weighted by molar-refractivity contribution is 0.100. The van der Waals surface area contributed by atoms with Gasteiger partial charge in [-0.15, -0.1) is 0 Å². The van der Waals surface area contributed by atoms with Crippen molar-refractivity contribution in [1.82, 2.24) is 15.6 Å². The highest BCUT2D eigenvalue weighted by atomic mass is 16.1. The first-order chi connectivity index (χ1) is 8.84. The predicted octanol–water partition coefficient (Wildman–Crippen LogP) is 0.679. The van der Waals surface area contributed by atoms with Crippen molar-refractivity contribution in [2.45, 2.75) is 13.0 Å². The maximum absolute atomic E-state index is 11.7. The summed E-state index contributed by atoms with van der Waals surface area (Å²) in [5, 5.41) is 6.62. The number of fused-ring (bicyclic) bond motifs is 1. The molecule has 5 nitrogen and oxygen atoms in total. The van der Waals surface area contributed by atoms with Crippen LogP contribution < -0.4 is 10.6 Å². The van der Waals surface area contributed by atoms with E-state index < -0.39 is 0 Å². The topological polar surface area (TPSA) is 66.4 Å². The fraction of sp³-hybridized carbons (Fsp3) is 0.462. The largest absolute Gasteiger partial charge is 0.316 e. The molecule has 2 N–H and O–H groups in total. The van der Waals surface area contributed by atoms with Gasteiger partial charge in [-0.2, -0.15) is 0 Å². The van der Waals surface area contributed by atoms with E-state index in [0.717, 1.165) is 36.9 Å². The molecule has 1 aromatic heterocycles. The van der Waals surface area contributed by atoms with Crippen LogP contribution in [0.5, 0.6) is 0 Å². The Balaban J connectivity index is 1.70. The van der Waals surface area contributed by atoms with Crippen LogP contribution >= 0.6 is 0 Å². The molecule has 1 fully saturated rings. The van der Waals surface area contributed by atoms with Crippen molar-refractivity contribution in [2.75, 3.05) is 19.6 Å². The van der Waals surface area contributed by atoms with E-state index in [9.17, 15) is 4.79 Å². The van der Waals surface area contributed by atoms with Crippen molar-refractivity contribution in [2.24, 2.45) is 10.9 Å². The highest BCUT2D eigenvalue weighted by molar-refractivity contribution is 6.10. The van der Waals surface area contributed by atoms with Gasteiger partial charge in [0.15, 0.2) is 5.78 Å². The number of ketones is 1. The highest BCUT2D eigenvalue weighted by Gasteiger charge is 2.19. The first kappa shape index (κ1) is 11.5. The summed E-state index contributed by atoms with van der Waals surface area (Å²) in [5.74, 6) is 0.849. The van der Waals surface area contributed by atoms with Crippen LogP contribution in [0.25, 0.3) is 0 Å². The zero-order valence-corrected chi connectivity index (χ0v) is 10.1. The third-order valence-corrected chi connectivity index (χ3v) is 3.39. The summed E-state index contributed by atoms with van der Waals surface area (Å²) in [5.41, 5.74) is 2.31. The number of nitrogens with zero attached hydrogens (tertiary/aromatic N) is 2. The van der Waals surface area contributed by atoms with Crippen LogP contribution in [-0.2, 0) is 6.54 Å². The predicted molar refractivity (Wildman–Crippen MR) is 69.4 cm³/mol. The van der Waals surface area contributed by atoms with E-state index in [0.29, 0.717) is 18.5 Å². The third-order valence-electron chi connectivity index (χ3n) is 3.39. The van der Waals surface area contributed by atoms with Gasteiger partial charge in [-0.05, 0) is 12.0 Å². The Hall–Kier alpha value is -1.59. The molecular weight excluding hydrogens is 228 g/mol. The molecule has 1 aromatic rings. The third kappa shape index (κ3) is 2.19. The van der Waals surface area contributed by atoms with Crippen LogP contribution in [-0.4, -0.2) is 36.6 Å². The molecule has 3 rings (SSSR count). The lowest BCUT2D eigenvalue weighted by Gasteiger charge is -2.27. The molecule has 0 aromatic carbocycles. The number of hydrogen-bond donors (Lipinski definition) is 2. The lowest BCUT2D eigenvalue weighted by atomic mass is 10.0. The molecule has 1 saturated heterocycles. The molecule has 0 radical (unpaired) electrons. The van der Waals surface area contributed by atoms with Gasteiger partial charge in [0.25, 0.3) is 0 Å². The summed E-state index contributed by atoms with van der Waals surface area (Å²) in [6, 6.07) is 1.76. The summed E-state index contributed by atoms with van der Waals surface area (Å²) < 4.78 is 0. The maximum atomic E-state index is 11.7. The number of hydrogen-bond acceptors (Lipinski definition) is 5. The Morgan fingerprint density at radius 3 is 3.11 bits per heavy atom. The van der Waals surface area contributed by atoms with Gasteiger partial charge in [-0.25, -0.2) is 0 Å². The van der Waals surface area contributed by atoms with Crippen LogP contribution in [0.1, 0.15) is 22.5 Å². The first-order valence-corrected chi connectivity index (χ1v) is 6.29. The van der Waals surface area contributed by atoms with E-state index in [4.69, 9.17) is 0 Å². The second-order valence-corrected chi connectivity index (χ2v) is 4.75. The number of carbonyl (C=O) groups is 1. The fourth-order valence-electron chi connectivity index (χ4n) is 2.21. The molecule has 0 bridgehead atoms. The van der Waals surface area contributed by atoms with E-state index >= 15 is 0 Å². The quantitative estimate of drug-likeness (QED) is 0.817. The Kier molecular flexibility index (Phi) is 3.17. The van der Waals surface area contributed by atoms with Crippen molar-refractivity contribution in [3.05, 3.63) is 23.5 Å². The average molecular weight is 244 g/mol. The molecule has 0 amide bonds. The van der Waals surface area contributed by atoms with Crippen molar-refractivity contribution in [3.63, 3.8) is 0 Å². The van der Waals surface area contributed by atoms with E-state index in [1.54, 1.807) is 18.5 Å². The Bertz CT molecular complexity index is 494. The number of aromatic nitrogens is 1. The van der Waals surface area contributed by atoms with Crippen molar-refractivity contribution in [1.29, 1.82) is 0 Å².